The second kappa shape index (κ2) is 6.87. The fourth-order valence-electron chi connectivity index (χ4n) is 3.04. The van der Waals surface area contributed by atoms with Gasteiger partial charge in [-0.1, -0.05) is 32.8 Å². The number of nitrogens with zero attached hydrogens (tertiary/aromatic N) is 3. The first-order valence-electron chi connectivity index (χ1n) is 8.71. The molecule has 4 nitrogen and oxygen atoms in total. The molecule has 0 fully saturated rings. The van der Waals surface area contributed by atoms with Crippen molar-refractivity contribution in [3.05, 3.63) is 52.1 Å². The molecular weight excluding hydrogens is 329 g/mol. The molecule has 1 aromatic heterocycles. The average molecular weight is 351 g/mol. The zero-order valence-electron chi connectivity index (χ0n) is 15.5. The first-order chi connectivity index (χ1) is 12.4. The van der Waals surface area contributed by atoms with E-state index < -0.39 is 11.6 Å². The van der Waals surface area contributed by atoms with Gasteiger partial charge in [-0.25, -0.2) is 9.37 Å². The third kappa shape index (κ3) is 3.20. The average Bonchev–Trinajstić information content (AvgIpc) is 2.85. The molecule has 0 spiro atoms. The number of rotatable bonds is 2. The second-order valence-corrected chi connectivity index (χ2v) is 7.11. The molecule has 1 aliphatic heterocycles. The summed E-state index contributed by atoms with van der Waals surface area (Å²) in [5.41, 5.74) is 1.05. The minimum Gasteiger partial charge on any atom is -0.293 e. The Labute approximate surface area is 152 Å². The van der Waals surface area contributed by atoms with Crippen molar-refractivity contribution in [2.24, 2.45) is 10.4 Å². The lowest BCUT2D eigenvalue weighted by molar-refractivity contribution is 0.160. The van der Waals surface area contributed by atoms with E-state index in [4.69, 9.17) is 0 Å². The molecule has 3 rings (SSSR count). The Balaban J connectivity index is 2.05. The van der Waals surface area contributed by atoms with Gasteiger partial charge in [-0.15, -0.1) is 0 Å². The van der Waals surface area contributed by atoms with Crippen LogP contribution < -0.4 is 5.56 Å². The highest BCUT2D eigenvalue weighted by molar-refractivity contribution is 6.09. The molecule has 0 saturated heterocycles. The molecule has 2 heterocycles. The molecule has 134 valence electrons. The molecule has 1 atom stereocenters. The number of allylic oxidation sites excluding steroid dienone is 2. The summed E-state index contributed by atoms with van der Waals surface area (Å²) in [6, 6.07) is 5.24. The summed E-state index contributed by atoms with van der Waals surface area (Å²) in [6.07, 6.45) is 3.52. The Hall–Kier alpha value is -2.74. The van der Waals surface area contributed by atoms with Crippen molar-refractivity contribution in [2.75, 3.05) is 7.05 Å². The van der Waals surface area contributed by atoms with Crippen molar-refractivity contribution in [3.63, 3.8) is 0 Å². The number of hydrogen-bond donors (Lipinski definition) is 0. The van der Waals surface area contributed by atoms with Crippen LogP contribution in [0.25, 0.3) is 10.9 Å². The Bertz CT molecular complexity index is 1030. The zero-order chi connectivity index (χ0) is 18.9. The third-order valence-corrected chi connectivity index (χ3v) is 4.55. The summed E-state index contributed by atoms with van der Waals surface area (Å²) >= 11 is 0. The first kappa shape index (κ1) is 18.1. The molecule has 0 amide bonds. The Kier molecular flexibility index (Phi) is 4.78. The monoisotopic (exact) mass is 351 g/mol. The second-order valence-electron chi connectivity index (χ2n) is 7.11. The van der Waals surface area contributed by atoms with Gasteiger partial charge in [0, 0.05) is 24.6 Å². The summed E-state index contributed by atoms with van der Waals surface area (Å²) < 4.78 is 16.1. The Morgan fingerprint density at radius 2 is 2.27 bits per heavy atom. The van der Waals surface area contributed by atoms with Gasteiger partial charge in [-0.05, 0) is 36.6 Å². The maximum atomic E-state index is 14.6. The predicted octanol–water partition coefficient (Wildman–Crippen LogP) is 3.84. The highest BCUT2D eigenvalue weighted by atomic mass is 19.1. The van der Waals surface area contributed by atoms with E-state index in [9.17, 15) is 9.18 Å². The summed E-state index contributed by atoms with van der Waals surface area (Å²) in [4.78, 5) is 21.2. The quantitative estimate of drug-likeness (QED) is 0.610. The molecule has 0 N–H and O–H groups in total. The molecule has 0 radical (unpaired) electrons. The number of fused-ring (bicyclic) bond motifs is 2. The lowest BCUT2D eigenvalue weighted by Gasteiger charge is -2.17. The summed E-state index contributed by atoms with van der Waals surface area (Å²) in [6.45, 7) is 6.00. The summed E-state index contributed by atoms with van der Waals surface area (Å²) in [5, 5.41) is 0.486. The van der Waals surface area contributed by atoms with Crippen molar-refractivity contribution in [1.82, 2.24) is 9.55 Å². The van der Waals surface area contributed by atoms with Gasteiger partial charge in [0.1, 0.15) is 11.5 Å². The molecular formula is C21H22FN3O. The molecule has 1 aliphatic rings. The SMILES string of the molecule is CC/C=C\C(C#Cc1ccc2c(=O)n3c(nc2c1)C(F)C(C)(C)C3)=NC. The molecule has 0 bridgehead atoms. The molecule has 26 heavy (non-hydrogen) atoms. The van der Waals surface area contributed by atoms with Crippen molar-refractivity contribution in [1.29, 1.82) is 0 Å². The van der Waals surface area contributed by atoms with Crippen molar-refractivity contribution < 1.29 is 4.39 Å². The maximum absolute atomic E-state index is 14.6. The van der Waals surface area contributed by atoms with Crippen LogP contribution >= 0.6 is 0 Å². The fourth-order valence-corrected chi connectivity index (χ4v) is 3.04. The van der Waals surface area contributed by atoms with Crippen LogP contribution in [0.15, 0.2) is 40.1 Å². The standard InChI is InChI=1S/C21H22FN3O/c1-5-6-7-15(23-4)10-8-14-9-11-16-17(12-14)24-19-18(22)21(2,3)13-25(19)20(16)26/h6-7,9,11-12,18H,5,13H2,1-4H3/b7-6-,23-15?. The van der Waals surface area contributed by atoms with Crippen LogP contribution in [0.1, 0.15) is 44.8 Å². The van der Waals surface area contributed by atoms with Crippen molar-refractivity contribution in [3.8, 4) is 11.8 Å². The van der Waals surface area contributed by atoms with Gasteiger partial charge in [0.05, 0.1) is 10.9 Å². The molecule has 1 unspecified atom stereocenters. The molecule has 5 heteroatoms. The minimum atomic E-state index is -1.26. The van der Waals surface area contributed by atoms with E-state index in [-0.39, 0.29) is 11.4 Å². The molecule has 0 aliphatic carbocycles. The van der Waals surface area contributed by atoms with Crippen LogP contribution in [0.5, 0.6) is 0 Å². The Morgan fingerprint density at radius 3 is 2.96 bits per heavy atom. The Morgan fingerprint density at radius 1 is 1.50 bits per heavy atom. The molecule has 0 saturated carbocycles. The van der Waals surface area contributed by atoms with Crippen molar-refractivity contribution in [2.45, 2.75) is 39.9 Å². The van der Waals surface area contributed by atoms with Crippen LogP contribution in [-0.4, -0.2) is 22.3 Å². The molecule has 2 aromatic rings. The van der Waals surface area contributed by atoms with Crippen LogP contribution in [-0.2, 0) is 6.54 Å². The highest BCUT2D eigenvalue weighted by Gasteiger charge is 2.41. The van der Waals surface area contributed by atoms with Gasteiger partial charge >= 0.3 is 0 Å². The van der Waals surface area contributed by atoms with E-state index in [0.717, 1.165) is 6.42 Å². The lowest BCUT2D eigenvalue weighted by Crippen LogP contribution is -2.23. The van der Waals surface area contributed by atoms with Crippen LogP contribution in [0.2, 0.25) is 0 Å². The van der Waals surface area contributed by atoms with Gasteiger partial charge in [-0.2, -0.15) is 0 Å². The van der Waals surface area contributed by atoms with Gasteiger partial charge in [-0.3, -0.25) is 14.4 Å². The first-order valence-corrected chi connectivity index (χ1v) is 8.71. The van der Waals surface area contributed by atoms with E-state index in [1.165, 1.54) is 4.57 Å². The van der Waals surface area contributed by atoms with Gasteiger partial charge in [0.15, 0.2) is 6.17 Å². The van der Waals surface area contributed by atoms with Crippen LogP contribution in [0.3, 0.4) is 0 Å². The number of halogens is 1. The lowest BCUT2D eigenvalue weighted by atomic mass is 9.90. The van der Waals surface area contributed by atoms with E-state index in [1.807, 2.05) is 32.9 Å². The number of hydrogen-bond acceptors (Lipinski definition) is 3. The largest absolute Gasteiger partial charge is 0.293 e. The number of alkyl halides is 1. The van der Waals surface area contributed by atoms with E-state index in [2.05, 4.69) is 21.8 Å². The van der Waals surface area contributed by atoms with Gasteiger partial charge < -0.3 is 0 Å². The number of benzene rings is 1. The zero-order valence-corrected chi connectivity index (χ0v) is 15.5. The smallest absolute Gasteiger partial charge is 0.261 e. The van der Waals surface area contributed by atoms with Gasteiger partial charge in [0.2, 0.25) is 0 Å². The molecule has 1 aromatic carbocycles. The van der Waals surface area contributed by atoms with Crippen LogP contribution in [0, 0.1) is 17.3 Å². The number of aromatic nitrogens is 2. The van der Waals surface area contributed by atoms with Crippen LogP contribution in [0.4, 0.5) is 4.39 Å². The normalized spacial score (nSPS) is 18.8. The minimum absolute atomic E-state index is 0.195. The van der Waals surface area contributed by atoms with E-state index in [0.29, 0.717) is 28.7 Å². The topological polar surface area (TPSA) is 47.2 Å². The predicted molar refractivity (Wildman–Crippen MR) is 103 cm³/mol. The summed E-state index contributed by atoms with van der Waals surface area (Å²) in [7, 11) is 1.69. The summed E-state index contributed by atoms with van der Waals surface area (Å²) in [5.74, 6) is 6.25. The maximum Gasteiger partial charge on any atom is 0.261 e. The van der Waals surface area contributed by atoms with E-state index >= 15 is 0 Å². The van der Waals surface area contributed by atoms with Gasteiger partial charge in [0.25, 0.3) is 5.56 Å². The fraction of sp³-hybridized carbons (Fsp3) is 0.381. The number of aliphatic imine (C=N–C) groups is 1. The third-order valence-electron chi connectivity index (χ3n) is 4.55. The van der Waals surface area contributed by atoms with E-state index in [1.54, 1.807) is 25.2 Å². The van der Waals surface area contributed by atoms with Crippen molar-refractivity contribution >= 4 is 16.6 Å². The highest BCUT2D eigenvalue weighted by Crippen LogP contribution is 2.42.